The van der Waals surface area contributed by atoms with Gasteiger partial charge in [-0.05, 0) is 42.3 Å². The quantitative estimate of drug-likeness (QED) is 0.882. The van der Waals surface area contributed by atoms with Crippen LogP contribution in [0, 0.1) is 13.8 Å². The van der Waals surface area contributed by atoms with Crippen LogP contribution < -0.4 is 5.73 Å². The van der Waals surface area contributed by atoms with Gasteiger partial charge in [0.25, 0.3) is 0 Å². The third-order valence-corrected chi connectivity index (χ3v) is 4.81. The molecule has 0 radical (unpaired) electrons. The second kappa shape index (κ2) is 5.21. The van der Waals surface area contributed by atoms with Crippen molar-refractivity contribution in [3.63, 3.8) is 0 Å². The maximum Gasteiger partial charge on any atom is 0.0590 e. The van der Waals surface area contributed by atoms with Gasteiger partial charge in [-0.15, -0.1) is 11.3 Å². The fraction of sp³-hybridized carbons (Fsp3) is 0.286. The summed E-state index contributed by atoms with van der Waals surface area (Å²) < 4.78 is 0. The average Bonchev–Trinajstić information content (AvgIpc) is 2.63. The van der Waals surface area contributed by atoms with E-state index in [0.717, 1.165) is 21.9 Å². The molecule has 1 unspecified atom stereocenters. The summed E-state index contributed by atoms with van der Waals surface area (Å²) >= 11 is 7.89. The van der Waals surface area contributed by atoms with Crippen LogP contribution in [0.1, 0.15) is 27.6 Å². The number of thiophene rings is 1. The van der Waals surface area contributed by atoms with Gasteiger partial charge in [0.1, 0.15) is 0 Å². The third-order valence-electron chi connectivity index (χ3n) is 2.96. The van der Waals surface area contributed by atoms with Crippen molar-refractivity contribution in [1.82, 2.24) is 0 Å². The van der Waals surface area contributed by atoms with E-state index < -0.39 is 0 Å². The molecule has 0 saturated heterocycles. The van der Waals surface area contributed by atoms with Crippen LogP contribution in [0.2, 0.25) is 5.02 Å². The van der Waals surface area contributed by atoms with Crippen LogP contribution in [-0.2, 0) is 6.42 Å². The van der Waals surface area contributed by atoms with E-state index in [9.17, 15) is 0 Å². The minimum absolute atomic E-state index is 0.0118. The summed E-state index contributed by atoms with van der Waals surface area (Å²) in [5, 5.41) is 2.89. The number of halogens is 1. The van der Waals surface area contributed by atoms with Crippen molar-refractivity contribution in [2.24, 2.45) is 5.73 Å². The second-order valence-electron chi connectivity index (χ2n) is 4.33. The molecule has 1 atom stereocenters. The maximum absolute atomic E-state index is 6.24. The molecule has 2 rings (SSSR count). The molecule has 1 heterocycles. The molecule has 0 aliphatic rings. The van der Waals surface area contributed by atoms with Crippen molar-refractivity contribution >= 4 is 22.9 Å². The smallest absolute Gasteiger partial charge is 0.0590 e. The normalized spacial score (nSPS) is 12.7. The Hall–Kier alpha value is -0.830. The van der Waals surface area contributed by atoms with Crippen molar-refractivity contribution in [2.45, 2.75) is 26.3 Å². The van der Waals surface area contributed by atoms with Gasteiger partial charge in [-0.1, -0.05) is 35.9 Å². The molecule has 90 valence electrons. The van der Waals surface area contributed by atoms with Gasteiger partial charge in [0.15, 0.2) is 0 Å². The first-order valence-corrected chi connectivity index (χ1v) is 6.89. The van der Waals surface area contributed by atoms with Gasteiger partial charge >= 0.3 is 0 Å². The SMILES string of the molecule is Cc1ccccc1CC(N)c1scc(C)c1Cl. The lowest BCUT2D eigenvalue weighted by Gasteiger charge is -2.12. The molecular formula is C14H16ClNS. The molecule has 0 aliphatic carbocycles. The van der Waals surface area contributed by atoms with Gasteiger partial charge < -0.3 is 5.73 Å². The predicted molar refractivity (Wildman–Crippen MR) is 75.9 cm³/mol. The van der Waals surface area contributed by atoms with Gasteiger partial charge in [-0.25, -0.2) is 0 Å². The Balaban J connectivity index is 2.20. The Labute approximate surface area is 111 Å². The van der Waals surface area contributed by atoms with Crippen LogP contribution >= 0.6 is 22.9 Å². The van der Waals surface area contributed by atoms with Crippen LogP contribution in [0.15, 0.2) is 29.6 Å². The highest BCUT2D eigenvalue weighted by atomic mass is 35.5. The van der Waals surface area contributed by atoms with Crippen molar-refractivity contribution in [3.05, 3.63) is 56.2 Å². The van der Waals surface area contributed by atoms with Crippen LogP contribution in [0.5, 0.6) is 0 Å². The second-order valence-corrected chi connectivity index (χ2v) is 5.62. The van der Waals surface area contributed by atoms with Gasteiger partial charge in [0.05, 0.1) is 5.02 Å². The molecule has 0 spiro atoms. The molecule has 17 heavy (non-hydrogen) atoms. The van der Waals surface area contributed by atoms with Crippen molar-refractivity contribution in [3.8, 4) is 0 Å². The van der Waals surface area contributed by atoms with Gasteiger partial charge in [-0.3, -0.25) is 0 Å². The van der Waals surface area contributed by atoms with Crippen molar-refractivity contribution in [2.75, 3.05) is 0 Å². The van der Waals surface area contributed by atoms with E-state index >= 15 is 0 Å². The lowest BCUT2D eigenvalue weighted by molar-refractivity contribution is 0.733. The molecule has 1 aromatic heterocycles. The summed E-state index contributed by atoms with van der Waals surface area (Å²) in [5.41, 5.74) is 9.93. The fourth-order valence-corrected chi connectivity index (χ4v) is 3.21. The Kier molecular flexibility index (Phi) is 3.87. The summed E-state index contributed by atoms with van der Waals surface area (Å²) in [6.45, 7) is 4.13. The highest BCUT2D eigenvalue weighted by Gasteiger charge is 2.15. The Morgan fingerprint density at radius 2 is 1.94 bits per heavy atom. The molecule has 0 saturated carbocycles. The zero-order valence-corrected chi connectivity index (χ0v) is 11.6. The molecule has 0 aliphatic heterocycles. The van der Waals surface area contributed by atoms with E-state index in [1.165, 1.54) is 11.1 Å². The van der Waals surface area contributed by atoms with Crippen LogP contribution in [-0.4, -0.2) is 0 Å². The first-order valence-electron chi connectivity index (χ1n) is 5.63. The van der Waals surface area contributed by atoms with E-state index in [2.05, 4.69) is 30.5 Å². The molecule has 2 N–H and O–H groups in total. The van der Waals surface area contributed by atoms with Crippen molar-refractivity contribution < 1.29 is 0 Å². The minimum Gasteiger partial charge on any atom is -0.323 e. The standard InChI is InChI=1S/C14H16ClNS/c1-9-5-3-4-6-11(9)7-12(16)14-13(15)10(2)8-17-14/h3-6,8,12H,7,16H2,1-2H3. The van der Waals surface area contributed by atoms with E-state index in [1.54, 1.807) is 11.3 Å². The molecule has 1 nitrogen and oxygen atoms in total. The Morgan fingerprint density at radius 1 is 1.24 bits per heavy atom. The van der Waals surface area contributed by atoms with Crippen molar-refractivity contribution in [1.29, 1.82) is 0 Å². The van der Waals surface area contributed by atoms with E-state index in [-0.39, 0.29) is 6.04 Å². The fourth-order valence-electron chi connectivity index (χ4n) is 1.87. The number of benzene rings is 1. The summed E-state index contributed by atoms with van der Waals surface area (Å²) in [7, 11) is 0. The predicted octanol–water partition coefficient (Wildman–Crippen LogP) is 4.26. The maximum atomic E-state index is 6.24. The largest absolute Gasteiger partial charge is 0.323 e. The van der Waals surface area contributed by atoms with E-state index in [4.69, 9.17) is 17.3 Å². The number of aryl methyl sites for hydroxylation is 2. The molecule has 0 fully saturated rings. The highest BCUT2D eigenvalue weighted by molar-refractivity contribution is 7.10. The first kappa shape index (κ1) is 12.6. The number of hydrogen-bond donors (Lipinski definition) is 1. The first-order chi connectivity index (χ1) is 8.09. The topological polar surface area (TPSA) is 26.0 Å². The summed E-state index contributed by atoms with van der Waals surface area (Å²) in [6, 6.07) is 8.33. The summed E-state index contributed by atoms with van der Waals surface area (Å²) in [4.78, 5) is 1.09. The lowest BCUT2D eigenvalue weighted by atomic mass is 10.0. The molecule has 0 bridgehead atoms. The lowest BCUT2D eigenvalue weighted by Crippen LogP contribution is -2.13. The Bertz CT molecular complexity index is 519. The van der Waals surface area contributed by atoms with Crippen LogP contribution in [0.25, 0.3) is 0 Å². The molecule has 1 aromatic carbocycles. The Morgan fingerprint density at radius 3 is 2.53 bits per heavy atom. The van der Waals surface area contributed by atoms with E-state index in [0.29, 0.717) is 0 Å². The van der Waals surface area contributed by atoms with Crippen LogP contribution in [0.4, 0.5) is 0 Å². The average molecular weight is 266 g/mol. The molecule has 2 aromatic rings. The highest BCUT2D eigenvalue weighted by Crippen LogP contribution is 2.33. The number of hydrogen-bond acceptors (Lipinski definition) is 2. The number of rotatable bonds is 3. The third kappa shape index (κ3) is 2.71. The van der Waals surface area contributed by atoms with E-state index in [1.807, 2.05) is 13.0 Å². The molecule has 3 heteroatoms. The summed E-state index contributed by atoms with van der Waals surface area (Å²) in [6.07, 6.45) is 0.840. The number of nitrogens with two attached hydrogens (primary N) is 1. The summed E-state index contributed by atoms with van der Waals surface area (Å²) in [5.74, 6) is 0. The molecule has 0 amide bonds. The zero-order chi connectivity index (χ0) is 12.4. The van der Waals surface area contributed by atoms with Crippen LogP contribution in [0.3, 0.4) is 0 Å². The van der Waals surface area contributed by atoms with Gasteiger partial charge in [-0.2, -0.15) is 0 Å². The zero-order valence-electron chi connectivity index (χ0n) is 10.0. The monoisotopic (exact) mass is 265 g/mol. The minimum atomic E-state index is -0.0118. The van der Waals surface area contributed by atoms with Gasteiger partial charge in [0, 0.05) is 10.9 Å². The molecular weight excluding hydrogens is 250 g/mol. The van der Waals surface area contributed by atoms with Gasteiger partial charge in [0.2, 0.25) is 0 Å².